The number of hydrogen-bond donors (Lipinski definition) is 2. The van der Waals surface area contributed by atoms with Crippen LogP contribution in [0.4, 0.5) is 29.3 Å². The fraction of sp³-hybridized carbons (Fsp3) is 0.409. The minimum atomic E-state index is -4.56. The molecule has 2 aromatic carbocycles. The normalized spacial score (nSPS) is 16.4. The third kappa shape index (κ3) is 6.84. The second-order valence-electron chi connectivity index (χ2n) is 7.58. The standard InChI is InChI=1S/C22H25F3N2O5S/c1-2-11-33(29,30)18-8-9-20(32-14-17-7-4-10-31-17)19(13-18)27-21(28)26-16-6-3-5-15(12-16)22(23,24)25/h3,5-6,8-9,12-13,17H,2,4,7,10-11,14H2,1H3,(H2,26,27,28). The van der Waals surface area contributed by atoms with Crippen LogP contribution in [0.25, 0.3) is 0 Å². The molecule has 1 aliphatic heterocycles. The average molecular weight is 487 g/mol. The first-order chi connectivity index (χ1) is 15.6. The second kappa shape index (κ2) is 10.4. The van der Waals surface area contributed by atoms with E-state index < -0.39 is 27.6 Å². The molecule has 2 amide bonds. The van der Waals surface area contributed by atoms with Gasteiger partial charge in [-0.3, -0.25) is 0 Å². The summed E-state index contributed by atoms with van der Waals surface area (Å²) in [5.74, 6) is 0.152. The van der Waals surface area contributed by atoms with E-state index in [9.17, 15) is 26.4 Å². The van der Waals surface area contributed by atoms with Gasteiger partial charge in [0.2, 0.25) is 0 Å². The van der Waals surface area contributed by atoms with E-state index in [1.807, 2.05) is 0 Å². The molecule has 2 N–H and O–H groups in total. The number of halogens is 3. The summed E-state index contributed by atoms with van der Waals surface area (Å²) in [5.41, 5.74) is -0.901. The fourth-order valence-electron chi connectivity index (χ4n) is 3.33. The number of carbonyl (C=O) groups is 1. The van der Waals surface area contributed by atoms with Gasteiger partial charge in [-0.25, -0.2) is 13.2 Å². The number of urea groups is 1. The molecule has 33 heavy (non-hydrogen) atoms. The minimum absolute atomic E-state index is 0.00295. The van der Waals surface area contributed by atoms with E-state index in [0.717, 1.165) is 25.0 Å². The average Bonchev–Trinajstić information content (AvgIpc) is 3.26. The van der Waals surface area contributed by atoms with Gasteiger partial charge in [0.15, 0.2) is 9.84 Å². The first kappa shape index (κ1) is 24.8. The molecule has 0 aromatic heterocycles. The van der Waals surface area contributed by atoms with Crippen molar-refractivity contribution in [1.82, 2.24) is 0 Å². The summed E-state index contributed by atoms with van der Waals surface area (Å²) in [6.45, 7) is 2.58. The Morgan fingerprint density at radius 3 is 2.64 bits per heavy atom. The molecule has 0 spiro atoms. The number of sulfone groups is 1. The van der Waals surface area contributed by atoms with Crippen molar-refractivity contribution >= 4 is 27.2 Å². The molecule has 0 bridgehead atoms. The SMILES string of the molecule is CCCS(=O)(=O)c1ccc(OCC2CCCO2)c(NC(=O)Nc2cccc(C(F)(F)F)c2)c1. The number of alkyl halides is 3. The van der Waals surface area contributed by atoms with Crippen LogP contribution in [0.2, 0.25) is 0 Å². The van der Waals surface area contributed by atoms with Crippen LogP contribution in [-0.2, 0) is 20.8 Å². The monoisotopic (exact) mass is 486 g/mol. The highest BCUT2D eigenvalue weighted by molar-refractivity contribution is 7.91. The zero-order valence-corrected chi connectivity index (χ0v) is 18.8. The maximum Gasteiger partial charge on any atom is 0.416 e. The Hall–Kier alpha value is -2.79. The molecule has 1 fully saturated rings. The van der Waals surface area contributed by atoms with E-state index in [2.05, 4.69) is 10.6 Å². The summed E-state index contributed by atoms with van der Waals surface area (Å²) in [5, 5.41) is 4.82. The van der Waals surface area contributed by atoms with Crippen LogP contribution in [0.3, 0.4) is 0 Å². The van der Waals surface area contributed by atoms with Gasteiger partial charge in [0.25, 0.3) is 0 Å². The molecular formula is C22H25F3N2O5S. The molecule has 7 nitrogen and oxygen atoms in total. The quantitative estimate of drug-likeness (QED) is 0.542. The summed E-state index contributed by atoms with van der Waals surface area (Å²) >= 11 is 0. The van der Waals surface area contributed by atoms with Crippen LogP contribution in [0.5, 0.6) is 5.75 Å². The van der Waals surface area contributed by atoms with E-state index in [0.29, 0.717) is 13.0 Å². The Morgan fingerprint density at radius 1 is 1.18 bits per heavy atom. The first-order valence-corrected chi connectivity index (χ1v) is 12.1. The number of hydrogen-bond acceptors (Lipinski definition) is 5. The molecule has 0 saturated carbocycles. The molecule has 1 aliphatic rings. The molecule has 1 heterocycles. The van der Waals surface area contributed by atoms with E-state index in [-0.39, 0.29) is 40.5 Å². The zero-order valence-electron chi connectivity index (χ0n) is 17.9. The van der Waals surface area contributed by atoms with Gasteiger partial charge in [0.1, 0.15) is 12.4 Å². The van der Waals surface area contributed by atoms with Gasteiger partial charge in [0, 0.05) is 12.3 Å². The van der Waals surface area contributed by atoms with Crippen LogP contribution < -0.4 is 15.4 Å². The highest BCUT2D eigenvalue weighted by atomic mass is 32.2. The van der Waals surface area contributed by atoms with Gasteiger partial charge in [0.05, 0.1) is 28.0 Å². The van der Waals surface area contributed by atoms with Crippen molar-refractivity contribution in [2.75, 3.05) is 29.6 Å². The maximum atomic E-state index is 12.9. The van der Waals surface area contributed by atoms with Crippen LogP contribution in [0.1, 0.15) is 31.7 Å². The van der Waals surface area contributed by atoms with Crippen molar-refractivity contribution in [3.05, 3.63) is 48.0 Å². The van der Waals surface area contributed by atoms with Gasteiger partial charge in [-0.2, -0.15) is 13.2 Å². The molecule has 0 aliphatic carbocycles. The lowest BCUT2D eigenvalue weighted by molar-refractivity contribution is -0.137. The van der Waals surface area contributed by atoms with Crippen LogP contribution in [0, 0.1) is 0 Å². The van der Waals surface area contributed by atoms with Gasteiger partial charge >= 0.3 is 12.2 Å². The maximum absolute atomic E-state index is 12.9. The largest absolute Gasteiger partial charge is 0.489 e. The lowest BCUT2D eigenvalue weighted by Gasteiger charge is -2.17. The number of carbonyl (C=O) groups excluding carboxylic acids is 1. The predicted molar refractivity (Wildman–Crippen MR) is 117 cm³/mol. The van der Waals surface area contributed by atoms with E-state index in [1.54, 1.807) is 6.92 Å². The second-order valence-corrected chi connectivity index (χ2v) is 9.69. The smallest absolute Gasteiger partial charge is 0.416 e. The van der Waals surface area contributed by atoms with Crippen molar-refractivity contribution in [2.24, 2.45) is 0 Å². The summed E-state index contributed by atoms with van der Waals surface area (Å²) < 4.78 is 75.0. The van der Waals surface area contributed by atoms with Crippen molar-refractivity contribution in [3.8, 4) is 5.75 Å². The van der Waals surface area contributed by atoms with Crippen molar-refractivity contribution in [2.45, 2.75) is 43.4 Å². The Labute approximate surface area is 190 Å². The predicted octanol–water partition coefficient (Wildman–Crippen LogP) is 5.09. The lowest BCUT2D eigenvalue weighted by atomic mass is 10.2. The topological polar surface area (TPSA) is 93.7 Å². The summed E-state index contributed by atoms with van der Waals surface area (Å²) in [6.07, 6.45) is -2.52. The highest BCUT2D eigenvalue weighted by Crippen LogP contribution is 2.32. The molecule has 2 aromatic rings. The number of ether oxygens (including phenoxy) is 2. The minimum Gasteiger partial charge on any atom is -0.489 e. The number of benzene rings is 2. The van der Waals surface area contributed by atoms with Gasteiger partial charge in [-0.1, -0.05) is 13.0 Å². The highest BCUT2D eigenvalue weighted by Gasteiger charge is 2.30. The molecule has 0 radical (unpaired) electrons. The Bertz CT molecular complexity index is 1080. The molecule has 11 heteroatoms. The first-order valence-electron chi connectivity index (χ1n) is 10.4. The fourth-order valence-corrected chi connectivity index (χ4v) is 4.68. The molecule has 1 saturated heterocycles. The van der Waals surface area contributed by atoms with Crippen LogP contribution in [0.15, 0.2) is 47.4 Å². The zero-order chi connectivity index (χ0) is 24.1. The van der Waals surface area contributed by atoms with Crippen molar-refractivity contribution in [3.63, 3.8) is 0 Å². The molecule has 1 unspecified atom stereocenters. The van der Waals surface area contributed by atoms with Crippen molar-refractivity contribution < 1.29 is 35.9 Å². The summed E-state index contributed by atoms with van der Waals surface area (Å²) in [6, 6.07) is 7.45. The van der Waals surface area contributed by atoms with Crippen LogP contribution >= 0.6 is 0 Å². The number of amides is 2. The van der Waals surface area contributed by atoms with Crippen LogP contribution in [-0.4, -0.2) is 39.5 Å². The van der Waals surface area contributed by atoms with Crippen molar-refractivity contribution in [1.29, 1.82) is 0 Å². The number of anilines is 2. The molecule has 1 atom stereocenters. The molecular weight excluding hydrogens is 461 g/mol. The Balaban J connectivity index is 1.81. The third-order valence-electron chi connectivity index (χ3n) is 4.93. The summed E-state index contributed by atoms with van der Waals surface area (Å²) in [4.78, 5) is 12.5. The van der Waals surface area contributed by atoms with Gasteiger partial charge in [-0.15, -0.1) is 0 Å². The number of rotatable bonds is 8. The molecule has 180 valence electrons. The van der Waals surface area contributed by atoms with Gasteiger partial charge < -0.3 is 20.1 Å². The third-order valence-corrected chi connectivity index (χ3v) is 6.85. The molecule has 3 rings (SSSR count). The van der Waals surface area contributed by atoms with E-state index >= 15 is 0 Å². The van der Waals surface area contributed by atoms with Gasteiger partial charge in [-0.05, 0) is 55.7 Å². The van der Waals surface area contributed by atoms with E-state index in [1.165, 1.54) is 30.3 Å². The van der Waals surface area contributed by atoms with E-state index in [4.69, 9.17) is 9.47 Å². The lowest BCUT2D eigenvalue weighted by Crippen LogP contribution is -2.22. The number of nitrogens with one attached hydrogen (secondary N) is 2. The Morgan fingerprint density at radius 2 is 1.97 bits per heavy atom. The summed E-state index contributed by atoms with van der Waals surface area (Å²) in [7, 11) is -3.57. The Kier molecular flexibility index (Phi) is 7.85.